The van der Waals surface area contributed by atoms with Crippen molar-refractivity contribution in [3.63, 3.8) is 0 Å². The van der Waals surface area contributed by atoms with Crippen molar-refractivity contribution in [3.05, 3.63) is 0 Å². The molecule has 0 aliphatic carbocycles. The normalized spacial score (nSPS) is 17.3. The van der Waals surface area contributed by atoms with Gasteiger partial charge in [0.05, 0.1) is 19.1 Å². The highest BCUT2D eigenvalue weighted by atomic mass is 31.2. The number of nitrogens with zero attached hydrogens (tertiary/aromatic N) is 1. The Kier molecular flexibility index (Phi) is 7.20. The van der Waals surface area contributed by atoms with Crippen LogP contribution in [0.2, 0.25) is 0 Å². The van der Waals surface area contributed by atoms with E-state index in [1.165, 1.54) is 0 Å². The molecule has 0 spiro atoms. The minimum Gasteiger partial charge on any atom is -0.386 e. The fourth-order valence-electron chi connectivity index (χ4n) is 2.17. The Balaban J connectivity index is 5.56. The molecule has 0 rings (SSSR count). The lowest BCUT2D eigenvalue weighted by Crippen LogP contribution is -2.51. The number of nitrogens with two attached hydrogens (primary N) is 1. The minimum absolute atomic E-state index is 0.0375. The van der Waals surface area contributed by atoms with Gasteiger partial charge >= 0.3 is 0 Å². The number of rotatable bonds is 8. The summed E-state index contributed by atoms with van der Waals surface area (Å²) in [4.78, 5) is 0. The van der Waals surface area contributed by atoms with E-state index < -0.39 is 18.8 Å². The molecule has 7 heteroatoms. The molecule has 0 aromatic rings. The van der Waals surface area contributed by atoms with Gasteiger partial charge in [0.2, 0.25) is 5.53 Å². The molecule has 0 heterocycles. The smallest absolute Gasteiger partial charge is 0.248 e. The van der Waals surface area contributed by atoms with Crippen LogP contribution in [0, 0.1) is 11.3 Å². The number of aliphatic hydroxyl groups is 2. The first-order chi connectivity index (χ1) is 8.68. The summed E-state index contributed by atoms with van der Waals surface area (Å²) in [6, 6.07) is 1.87. The third kappa shape index (κ3) is 3.56. The predicted octanol–water partition coefficient (Wildman–Crippen LogP) is 1.06. The molecule has 0 bridgehead atoms. The predicted molar refractivity (Wildman–Crippen MR) is 74.1 cm³/mol. The third-order valence-corrected chi connectivity index (χ3v) is 7.72. The highest BCUT2D eigenvalue weighted by molar-refractivity contribution is 7.66. The molecule has 0 saturated heterocycles. The second-order valence-electron chi connectivity index (χ2n) is 5.06. The molecule has 2 atom stereocenters. The van der Waals surface area contributed by atoms with E-state index in [1.54, 1.807) is 27.7 Å². The summed E-state index contributed by atoms with van der Waals surface area (Å²) in [6.45, 7) is 6.47. The van der Waals surface area contributed by atoms with E-state index >= 15 is 0 Å². The zero-order valence-corrected chi connectivity index (χ0v) is 12.9. The molecule has 0 radical (unpaired) electrons. The van der Waals surface area contributed by atoms with Crippen molar-refractivity contribution >= 4 is 7.14 Å². The van der Waals surface area contributed by atoms with Crippen molar-refractivity contribution in [2.24, 2.45) is 5.73 Å². The molecule has 0 aliphatic heterocycles. The van der Waals surface area contributed by atoms with Crippen molar-refractivity contribution in [2.45, 2.75) is 57.1 Å². The summed E-state index contributed by atoms with van der Waals surface area (Å²) < 4.78 is 18.4. The molecule has 0 saturated carbocycles. The van der Waals surface area contributed by atoms with Gasteiger partial charge in [-0.3, -0.25) is 0 Å². The molecule has 2 unspecified atom stereocenters. The van der Waals surface area contributed by atoms with E-state index in [4.69, 9.17) is 15.7 Å². The van der Waals surface area contributed by atoms with E-state index in [-0.39, 0.29) is 30.9 Å². The Morgan fingerprint density at radius 3 is 2.16 bits per heavy atom. The fourth-order valence-corrected chi connectivity index (χ4v) is 5.70. The average Bonchev–Trinajstić information content (AvgIpc) is 2.35. The molecule has 0 fully saturated rings. The summed E-state index contributed by atoms with van der Waals surface area (Å²) in [5.74, 6) is 0. The monoisotopic (exact) mass is 292 g/mol. The maximum absolute atomic E-state index is 13.2. The lowest BCUT2D eigenvalue weighted by atomic mass is 10.3. The number of hydrogen-bond acceptors (Lipinski definition) is 6. The van der Waals surface area contributed by atoms with Crippen LogP contribution in [0.1, 0.15) is 34.1 Å². The standard InChI is InChI=1S/C12H25N2O4P/c1-9(2)19(17,10(3)4)12(16,11(15)8-14)18-7-5-6-13/h9-11,15-16H,5,7-8,14H2,1-4H3. The maximum atomic E-state index is 13.2. The summed E-state index contributed by atoms with van der Waals surface area (Å²) in [5.41, 5.74) is 2.43. The Morgan fingerprint density at radius 2 is 1.84 bits per heavy atom. The van der Waals surface area contributed by atoms with Crippen molar-refractivity contribution < 1.29 is 19.5 Å². The van der Waals surface area contributed by atoms with Gasteiger partial charge in [-0.25, -0.2) is 0 Å². The molecule has 0 aromatic heterocycles. The van der Waals surface area contributed by atoms with Crippen LogP contribution in [-0.4, -0.2) is 46.3 Å². The van der Waals surface area contributed by atoms with E-state index in [0.29, 0.717) is 0 Å². The van der Waals surface area contributed by atoms with Crippen LogP contribution in [0.15, 0.2) is 0 Å². The quantitative estimate of drug-likeness (QED) is 0.350. The zero-order valence-electron chi connectivity index (χ0n) is 12.0. The van der Waals surface area contributed by atoms with Gasteiger partial charge in [0.1, 0.15) is 6.10 Å². The lowest BCUT2D eigenvalue weighted by Gasteiger charge is -2.43. The van der Waals surface area contributed by atoms with Gasteiger partial charge in [0.15, 0.2) is 7.14 Å². The molecule has 6 nitrogen and oxygen atoms in total. The third-order valence-electron chi connectivity index (χ3n) is 3.22. The van der Waals surface area contributed by atoms with Gasteiger partial charge in [-0.1, -0.05) is 27.7 Å². The van der Waals surface area contributed by atoms with Crippen LogP contribution in [0.4, 0.5) is 0 Å². The van der Waals surface area contributed by atoms with Crippen LogP contribution in [0.3, 0.4) is 0 Å². The number of hydrogen-bond donors (Lipinski definition) is 3. The number of ether oxygens (including phenoxy) is 1. The summed E-state index contributed by atoms with van der Waals surface area (Å²) >= 11 is 0. The van der Waals surface area contributed by atoms with Crippen molar-refractivity contribution in [1.82, 2.24) is 0 Å². The maximum Gasteiger partial charge on any atom is 0.248 e. The first-order valence-corrected chi connectivity index (χ1v) is 8.23. The highest BCUT2D eigenvalue weighted by Gasteiger charge is 2.56. The van der Waals surface area contributed by atoms with Gasteiger partial charge in [0.25, 0.3) is 0 Å². The average molecular weight is 292 g/mol. The second-order valence-corrected chi connectivity index (χ2v) is 9.19. The molecular weight excluding hydrogens is 267 g/mol. The SMILES string of the molecule is CC(C)P(=O)(C(C)C)C(O)(OCCC#N)C(O)CN. The summed E-state index contributed by atoms with van der Waals surface area (Å²) in [5, 5.41) is 29.1. The van der Waals surface area contributed by atoms with Gasteiger partial charge in [0, 0.05) is 17.9 Å². The summed E-state index contributed by atoms with van der Waals surface area (Å²) in [6.07, 6.45) is -1.42. The Morgan fingerprint density at radius 1 is 1.37 bits per heavy atom. The summed E-state index contributed by atoms with van der Waals surface area (Å²) in [7, 11) is -3.30. The number of nitriles is 1. The van der Waals surface area contributed by atoms with Gasteiger partial charge in [-0.05, 0) is 0 Å². The largest absolute Gasteiger partial charge is 0.386 e. The fraction of sp³-hybridized carbons (Fsp3) is 0.917. The number of aliphatic hydroxyl groups excluding tert-OH is 1. The lowest BCUT2D eigenvalue weighted by molar-refractivity contribution is -0.195. The van der Waals surface area contributed by atoms with Crippen LogP contribution in [0.25, 0.3) is 0 Å². The molecular formula is C12H25N2O4P. The Hall–Kier alpha value is -0.440. The minimum atomic E-state index is -3.30. The molecule has 0 aliphatic rings. The van der Waals surface area contributed by atoms with E-state index in [0.717, 1.165) is 0 Å². The van der Waals surface area contributed by atoms with Crippen molar-refractivity contribution in [2.75, 3.05) is 13.2 Å². The van der Waals surface area contributed by atoms with Crippen molar-refractivity contribution in [1.29, 1.82) is 5.26 Å². The van der Waals surface area contributed by atoms with Crippen LogP contribution >= 0.6 is 7.14 Å². The van der Waals surface area contributed by atoms with Crippen LogP contribution < -0.4 is 5.73 Å². The van der Waals surface area contributed by atoms with E-state index in [9.17, 15) is 14.8 Å². The van der Waals surface area contributed by atoms with Gasteiger partial charge < -0.3 is 25.2 Å². The topological polar surface area (TPSA) is 117 Å². The molecule has 0 aromatic carbocycles. The first-order valence-electron chi connectivity index (χ1n) is 6.39. The molecule has 0 amide bonds. The Bertz CT molecular complexity index is 355. The molecule has 112 valence electrons. The van der Waals surface area contributed by atoms with Crippen molar-refractivity contribution in [3.8, 4) is 6.07 Å². The van der Waals surface area contributed by atoms with Gasteiger partial charge in [-0.2, -0.15) is 5.26 Å². The second kappa shape index (κ2) is 7.37. The zero-order chi connectivity index (χ0) is 15.3. The van der Waals surface area contributed by atoms with Gasteiger partial charge in [-0.15, -0.1) is 0 Å². The Labute approximate surface area is 114 Å². The van der Waals surface area contributed by atoms with Crippen LogP contribution in [0.5, 0.6) is 0 Å². The van der Waals surface area contributed by atoms with E-state index in [1.807, 2.05) is 6.07 Å². The van der Waals surface area contributed by atoms with E-state index in [2.05, 4.69) is 0 Å². The molecule has 19 heavy (non-hydrogen) atoms. The first kappa shape index (κ1) is 18.6. The van der Waals surface area contributed by atoms with Crippen LogP contribution in [-0.2, 0) is 9.30 Å². The molecule has 4 N–H and O–H groups in total. The highest BCUT2D eigenvalue weighted by Crippen LogP contribution is 2.65.